The zero-order chi connectivity index (χ0) is 21.8. The van der Waals surface area contributed by atoms with Gasteiger partial charge in [0, 0.05) is 31.2 Å². The van der Waals surface area contributed by atoms with Gasteiger partial charge < -0.3 is 10.7 Å². The summed E-state index contributed by atoms with van der Waals surface area (Å²) in [7, 11) is 0. The number of rotatable bonds is 7. The molecule has 0 saturated carbocycles. The number of hydrogen-bond donors (Lipinski definition) is 2. The second-order valence-electron chi connectivity index (χ2n) is 7.07. The van der Waals surface area contributed by atoms with Crippen LogP contribution in [0, 0.1) is 17.5 Å². The average molecular weight is 417 g/mol. The quantitative estimate of drug-likeness (QED) is 0.312. The van der Waals surface area contributed by atoms with Gasteiger partial charge in [0.05, 0.1) is 24.0 Å². The number of benzene rings is 2. The lowest BCUT2D eigenvalue weighted by molar-refractivity contribution is -0.133. The number of nitrogen functional groups attached to an aromatic ring is 1. The minimum Gasteiger partial charge on any atom is -0.397 e. The molecular formula is C21H22F3N5O. The SMILES string of the molecule is C=C(CCC(=O)N1N=CCC1c1cc(F)cc(F)c1)CN(N)c1cc(F)ccc1N. The molecular weight excluding hydrogens is 395 g/mol. The summed E-state index contributed by atoms with van der Waals surface area (Å²) in [6.45, 7) is 4.08. The van der Waals surface area contributed by atoms with Crippen molar-refractivity contribution >= 4 is 23.5 Å². The largest absolute Gasteiger partial charge is 0.397 e. The van der Waals surface area contributed by atoms with Crippen molar-refractivity contribution < 1.29 is 18.0 Å². The number of carbonyl (C=O) groups is 1. The molecule has 30 heavy (non-hydrogen) atoms. The maximum atomic E-state index is 13.5. The van der Waals surface area contributed by atoms with E-state index >= 15 is 0 Å². The first kappa shape index (κ1) is 21.4. The van der Waals surface area contributed by atoms with Gasteiger partial charge in [0.25, 0.3) is 0 Å². The molecule has 158 valence electrons. The summed E-state index contributed by atoms with van der Waals surface area (Å²) in [6, 6.07) is 6.47. The zero-order valence-corrected chi connectivity index (χ0v) is 16.2. The highest BCUT2D eigenvalue weighted by atomic mass is 19.1. The molecule has 0 fully saturated rings. The van der Waals surface area contributed by atoms with E-state index in [1.54, 1.807) is 0 Å². The lowest BCUT2D eigenvalue weighted by Crippen LogP contribution is -2.34. The van der Waals surface area contributed by atoms with Gasteiger partial charge in [0.2, 0.25) is 5.91 Å². The fraction of sp³-hybridized carbons (Fsp3) is 0.238. The van der Waals surface area contributed by atoms with Crippen LogP contribution in [0.3, 0.4) is 0 Å². The number of nitrogens with zero attached hydrogens (tertiary/aromatic N) is 3. The van der Waals surface area contributed by atoms with Crippen molar-refractivity contribution in [1.82, 2.24) is 5.01 Å². The van der Waals surface area contributed by atoms with Gasteiger partial charge in [-0.15, -0.1) is 0 Å². The summed E-state index contributed by atoms with van der Waals surface area (Å²) in [6.07, 6.45) is 2.29. The fourth-order valence-corrected chi connectivity index (χ4v) is 3.27. The Bertz CT molecular complexity index is 974. The molecule has 4 N–H and O–H groups in total. The van der Waals surface area contributed by atoms with E-state index in [0.29, 0.717) is 35.4 Å². The Morgan fingerprint density at radius 1 is 1.13 bits per heavy atom. The first-order valence-corrected chi connectivity index (χ1v) is 9.29. The highest BCUT2D eigenvalue weighted by Gasteiger charge is 2.28. The van der Waals surface area contributed by atoms with Crippen LogP contribution in [0.1, 0.15) is 30.9 Å². The molecule has 0 aliphatic carbocycles. The first-order valence-electron chi connectivity index (χ1n) is 9.29. The van der Waals surface area contributed by atoms with Gasteiger partial charge in [-0.05, 0) is 36.2 Å². The Kier molecular flexibility index (Phi) is 6.41. The highest BCUT2D eigenvalue weighted by Crippen LogP contribution is 2.30. The Balaban J connectivity index is 1.58. The molecule has 9 heteroatoms. The minimum absolute atomic E-state index is 0.0803. The number of hydrazine groups is 1. The lowest BCUT2D eigenvalue weighted by atomic mass is 10.0. The van der Waals surface area contributed by atoms with E-state index in [-0.39, 0.29) is 18.9 Å². The van der Waals surface area contributed by atoms with Crippen LogP contribution in [0.15, 0.2) is 53.7 Å². The van der Waals surface area contributed by atoms with Crippen LogP contribution in [0.25, 0.3) is 0 Å². The molecule has 6 nitrogen and oxygen atoms in total. The smallest absolute Gasteiger partial charge is 0.243 e. The lowest BCUT2D eigenvalue weighted by Gasteiger charge is -2.24. The van der Waals surface area contributed by atoms with E-state index in [1.807, 2.05) is 0 Å². The van der Waals surface area contributed by atoms with Crippen molar-refractivity contribution in [3.63, 3.8) is 0 Å². The fourth-order valence-electron chi connectivity index (χ4n) is 3.27. The number of carbonyl (C=O) groups excluding carboxylic acids is 1. The van der Waals surface area contributed by atoms with Gasteiger partial charge in [-0.2, -0.15) is 5.10 Å². The number of amides is 1. The molecule has 0 radical (unpaired) electrons. The first-order chi connectivity index (χ1) is 14.2. The molecule has 0 aromatic heterocycles. The number of hydrazone groups is 1. The van der Waals surface area contributed by atoms with Crippen molar-refractivity contribution in [2.75, 3.05) is 17.3 Å². The second-order valence-corrected chi connectivity index (χ2v) is 7.07. The number of halogens is 3. The van der Waals surface area contributed by atoms with E-state index < -0.39 is 23.5 Å². The van der Waals surface area contributed by atoms with Crippen molar-refractivity contribution in [1.29, 1.82) is 0 Å². The minimum atomic E-state index is -0.711. The molecule has 0 bridgehead atoms. The predicted octanol–water partition coefficient (Wildman–Crippen LogP) is 3.66. The number of nitrogens with two attached hydrogens (primary N) is 2. The highest BCUT2D eigenvalue weighted by molar-refractivity contribution is 5.80. The van der Waals surface area contributed by atoms with E-state index in [0.717, 1.165) is 6.07 Å². The van der Waals surface area contributed by atoms with Crippen LogP contribution in [0.5, 0.6) is 0 Å². The van der Waals surface area contributed by atoms with Crippen LogP contribution in [0.4, 0.5) is 24.5 Å². The van der Waals surface area contributed by atoms with Gasteiger partial charge >= 0.3 is 0 Å². The van der Waals surface area contributed by atoms with Gasteiger partial charge in [-0.25, -0.2) is 24.0 Å². The van der Waals surface area contributed by atoms with Gasteiger partial charge in [0.15, 0.2) is 0 Å². The summed E-state index contributed by atoms with van der Waals surface area (Å²) in [5.74, 6) is 3.75. The van der Waals surface area contributed by atoms with Crippen molar-refractivity contribution in [3.8, 4) is 0 Å². The van der Waals surface area contributed by atoms with E-state index in [4.69, 9.17) is 11.6 Å². The van der Waals surface area contributed by atoms with Crippen molar-refractivity contribution in [3.05, 3.63) is 71.6 Å². The molecule has 1 atom stereocenters. The van der Waals surface area contributed by atoms with Gasteiger partial charge in [0.1, 0.15) is 17.5 Å². The standard InChI is InChI=1S/C21H22F3N5O/c1-13(12-28(26)20-11-15(22)3-4-18(20)25)2-5-21(30)29-19(6-7-27-29)14-8-16(23)10-17(24)9-14/h3-4,7-11,19H,1-2,5-6,12,25-26H2. The van der Waals surface area contributed by atoms with Crippen LogP contribution in [-0.4, -0.2) is 23.7 Å². The van der Waals surface area contributed by atoms with Crippen LogP contribution < -0.4 is 16.6 Å². The molecule has 1 unspecified atom stereocenters. The van der Waals surface area contributed by atoms with E-state index in [1.165, 1.54) is 46.6 Å². The van der Waals surface area contributed by atoms with E-state index in [2.05, 4.69) is 11.7 Å². The topological polar surface area (TPSA) is 88.0 Å². The molecule has 2 aromatic carbocycles. The number of anilines is 2. The molecule has 0 saturated heterocycles. The zero-order valence-electron chi connectivity index (χ0n) is 16.2. The maximum Gasteiger partial charge on any atom is 0.243 e. The third kappa shape index (κ3) is 4.98. The predicted molar refractivity (Wildman–Crippen MR) is 110 cm³/mol. The van der Waals surface area contributed by atoms with Gasteiger partial charge in [-0.3, -0.25) is 4.79 Å². The second kappa shape index (κ2) is 9.00. The van der Waals surface area contributed by atoms with E-state index in [9.17, 15) is 18.0 Å². The summed E-state index contributed by atoms with van der Waals surface area (Å²) < 4.78 is 40.5. The molecule has 1 aliphatic heterocycles. The van der Waals surface area contributed by atoms with Crippen LogP contribution in [-0.2, 0) is 4.79 Å². The third-order valence-corrected chi connectivity index (χ3v) is 4.74. The Labute approximate surface area is 172 Å². The maximum absolute atomic E-state index is 13.5. The van der Waals surface area contributed by atoms with Crippen LogP contribution >= 0.6 is 0 Å². The molecule has 1 amide bonds. The summed E-state index contributed by atoms with van der Waals surface area (Å²) in [5, 5.41) is 6.54. The summed E-state index contributed by atoms with van der Waals surface area (Å²) in [5.41, 5.74) is 7.42. The number of hydrogen-bond acceptors (Lipinski definition) is 5. The van der Waals surface area contributed by atoms with Crippen LogP contribution in [0.2, 0.25) is 0 Å². The Morgan fingerprint density at radius 2 is 1.83 bits per heavy atom. The Morgan fingerprint density at radius 3 is 2.53 bits per heavy atom. The normalized spacial score (nSPS) is 15.5. The molecule has 0 spiro atoms. The summed E-state index contributed by atoms with van der Waals surface area (Å²) >= 11 is 0. The monoisotopic (exact) mass is 417 g/mol. The summed E-state index contributed by atoms with van der Waals surface area (Å²) in [4.78, 5) is 12.6. The molecule has 1 heterocycles. The van der Waals surface area contributed by atoms with Gasteiger partial charge in [-0.1, -0.05) is 12.2 Å². The molecule has 1 aliphatic rings. The molecule has 3 rings (SSSR count). The third-order valence-electron chi connectivity index (χ3n) is 4.74. The van der Waals surface area contributed by atoms with Crippen molar-refractivity contribution in [2.24, 2.45) is 10.9 Å². The average Bonchev–Trinajstić information content (AvgIpc) is 3.17. The van der Waals surface area contributed by atoms with Crippen molar-refractivity contribution in [2.45, 2.75) is 25.3 Å². The Hall–Kier alpha value is -3.33. The molecule has 2 aromatic rings.